The molecule has 0 aromatic heterocycles. The van der Waals surface area contributed by atoms with Gasteiger partial charge in [-0.2, -0.15) is 0 Å². The van der Waals surface area contributed by atoms with E-state index < -0.39 is 0 Å². The standard InChI is InChI=1S/C19H19FN2O3/c1-25-12-10-21-18(23)16-3-2-4-17-15(16)9-11-22(17)19(24)13-5-7-14(20)8-6-13/h2-8H,9-12H2,1H3,(H,21,23). The third kappa shape index (κ3) is 3.53. The van der Waals surface area contributed by atoms with Crippen LogP contribution in [0.1, 0.15) is 26.3 Å². The van der Waals surface area contributed by atoms with Crippen LogP contribution >= 0.6 is 0 Å². The van der Waals surface area contributed by atoms with Gasteiger partial charge in [0, 0.05) is 37.0 Å². The number of benzene rings is 2. The molecule has 0 aliphatic carbocycles. The molecular formula is C19H19FN2O3. The number of nitrogens with zero attached hydrogens (tertiary/aromatic N) is 1. The Hall–Kier alpha value is -2.73. The normalized spacial score (nSPS) is 12.8. The minimum absolute atomic E-state index is 0.176. The number of carbonyl (C=O) groups is 2. The van der Waals surface area contributed by atoms with Crippen molar-refractivity contribution >= 4 is 17.5 Å². The Kier molecular flexibility index (Phi) is 5.09. The lowest BCUT2D eigenvalue weighted by molar-refractivity contribution is 0.0935. The number of halogens is 1. The summed E-state index contributed by atoms with van der Waals surface area (Å²) in [7, 11) is 1.57. The van der Waals surface area contributed by atoms with Crippen molar-refractivity contribution in [3.8, 4) is 0 Å². The molecule has 2 aromatic carbocycles. The fourth-order valence-corrected chi connectivity index (χ4v) is 2.97. The molecule has 1 heterocycles. The molecule has 0 radical (unpaired) electrons. The van der Waals surface area contributed by atoms with Crippen LogP contribution in [0.5, 0.6) is 0 Å². The molecule has 130 valence electrons. The fourth-order valence-electron chi connectivity index (χ4n) is 2.97. The zero-order valence-electron chi connectivity index (χ0n) is 13.9. The van der Waals surface area contributed by atoms with E-state index in [2.05, 4.69) is 5.32 Å². The third-order valence-electron chi connectivity index (χ3n) is 4.20. The molecule has 2 aromatic rings. The van der Waals surface area contributed by atoms with Gasteiger partial charge in [0.25, 0.3) is 11.8 Å². The zero-order valence-corrected chi connectivity index (χ0v) is 13.9. The quantitative estimate of drug-likeness (QED) is 0.849. The number of fused-ring (bicyclic) bond motifs is 1. The van der Waals surface area contributed by atoms with Crippen molar-refractivity contribution in [2.45, 2.75) is 6.42 Å². The highest BCUT2D eigenvalue weighted by Crippen LogP contribution is 2.32. The summed E-state index contributed by atoms with van der Waals surface area (Å²) >= 11 is 0. The number of nitrogens with one attached hydrogen (secondary N) is 1. The Morgan fingerprint density at radius 3 is 2.68 bits per heavy atom. The van der Waals surface area contributed by atoms with Crippen molar-refractivity contribution in [1.29, 1.82) is 0 Å². The van der Waals surface area contributed by atoms with Crippen LogP contribution in [-0.4, -0.2) is 38.6 Å². The van der Waals surface area contributed by atoms with Crippen molar-refractivity contribution in [1.82, 2.24) is 5.32 Å². The summed E-state index contributed by atoms with van der Waals surface area (Å²) in [5.74, 6) is -0.755. The van der Waals surface area contributed by atoms with Crippen LogP contribution in [0.2, 0.25) is 0 Å². The average molecular weight is 342 g/mol. The Morgan fingerprint density at radius 2 is 1.96 bits per heavy atom. The first kappa shape index (κ1) is 17.1. The molecule has 0 saturated carbocycles. The monoisotopic (exact) mass is 342 g/mol. The first-order valence-corrected chi connectivity index (χ1v) is 8.08. The Balaban J connectivity index is 1.83. The van der Waals surface area contributed by atoms with Crippen LogP contribution in [0.3, 0.4) is 0 Å². The van der Waals surface area contributed by atoms with E-state index in [4.69, 9.17) is 4.74 Å². The highest BCUT2D eigenvalue weighted by molar-refractivity contribution is 6.08. The van der Waals surface area contributed by atoms with E-state index in [0.29, 0.717) is 37.2 Å². The van der Waals surface area contributed by atoms with Crippen LogP contribution < -0.4 is 10.2 Å². The molecule has 0 spiro atoms. The molecule has 0 fully saturated rings. The molecule has 0 atom stereocenters. The lowest BCUT2D eigenvalue weighted by Gasteiger charge is -2.18. The maximum Gasteiger partial charge on any atom is 0.258 e. The van der Waals surface area contributed by atoms with Crippen molar-refractivity contribution in [2.24, 2.45) is 0 Å². The fraction of sp³-hybridized carbons (Fsp3) is 0.263. The second-order valence-corrected chi connectivity index (χ2v) is 5.77. The number of amides is 2. The molecular weight excluding hydrogens is 323 g/mol. The largest absolute Gasteiger partial charge is 0.383 e. The van der Waals surface area contributed by atoms with Crippen molar-refractivity contribution in [2.75, 3.05) is 31.7 Å². The minimum Gasteiger partial charge on any atom is -0.383 e. The van der Waals surface area contributed by atoms with Crippen LogP contribution in [0.4, 0.5) is 10.1 Å². The number of ether oxygens (including phenoxy) is 1. The molecule has 5 nitrogen and oxygen atoms in total. The highest BCUT2D eigenvalue weighted by Gasteiger charge is 2.28. The Bertz CT molecular complexity index is 790. The molecule has 3 rings (SSSR count). The van der Waals surface area contributed by atoms with Crippen molar-refractivity contribution in [3.05, 3.63) is 65.0 Å². The van der Waals surface area contributed by atoms with Crippen LogP contribution in [0.25, 0.3) is 0 Å². The van der Waals surface area contributed by atoms with E-state index in [0.717, 1.165) is 11.3 Å². The lowest BCUT2D eigenvalue weighted by Crippen LogP contribution is -2.29. The van der Waals surface area contributed by atoms with Gasteiger partial charge in [0.05, 0.1) is 6.61 Å². The van der Waals surface area contributed by atoms with Gasteiger partial charge < -0.3 is 15.0 Å². The summed E-state index contributed by atoms with van der Waals surface area (Å²) in [6.45, 7) is 1.36. The highest BCUT2D eigenvalue weighted by atomic mass is 19.1. The topological polar surface area (TPSA) is 58.6 Å². The summed E-state index contributed by atoms with van der Waals surface area (Å²) in [6.07, 6.45) is 0.607. The van der Waals surface area contributed by atoms with Gasteiger partial charge in [0.2, 0.25) is 0 Å². The van der Waals surface area contributed by atoms with E-state index in [-0.39, 0.29) is 17.6 Å². The molecule has 2 amide bonds. The van der Waals surface area contributed by atoms with Gasteiger partial charge in [-0.25, -0.2) is 4.39 Å². The van der Waals surface area contributed by atoms with Gasteiger partial charge in [0.1, 0.15) is 5.82 Å². The van der Waals surface area contributed by atoms with E-state index >= 15 is 0 Å². The summed E-state index contributed by atoms with van der Waals surface area (Å²) in [5, 5.41) is 2.80. The summed E-state index contributed by atoms with van der Waals surface area (Å²) in [4.78, 5) is 26.7. The van der Waals surface area contributed by atoms with E-state index in [1.165, 1.54) is 24.3 Å². The van der Waals surface area contributed by atoms with Crippen LogP contribution in [0, 0.1) is 5.82 Å². The second-order valence-electron chi connectivity index (χ2n) is 5.77. The van der Waals surface area contributed by atoms with E-state index in [9.17, 15) is 14.0 Å². The molecule has 1 aliphatic heterocycles. The first-order chi connectivity index (χ1) is 12.1. The number of hydrogen-bond acceptors (Lipinski definition) is 3. The summed E-state index contributed by atoms with van der Waals surface area (Å²) in [6, 6.07) is 10.8. The SMILES string of the molecule is COCCNC(=O)c1cccc2c1CCN2C(=O)c1ccc(F)cc1. The van der Waals surface area contributed by atoms with Crippen LogP contribution in [0.15, 0.2) is 42.5 Å². The van der Waals surface area contributed by atoms with Gasteiger partial charge in [-0.1, -0.05) is 6.07 Å². The molecule has 0 unspecified atom stereocenters. The number of anilines is 1. The molecule has 6 heteroatoms. The van der Waals surface area contributed by atoms with Crippen molar-refractivity contribution in [3.63, 3.8) is 0 Å². The molecule has 0 bridgehead atoms. The third-order valence-corrected chi connectivity index (χ3v) is 4.20. The number of methoxy groups -OCH3 is 1. The minimum atomic E-state index is -0.381. The molecule has 1 aliphatic rings. The van der Waals surface area contributed by atoms with Gasteiger partial charge in [-0.05, 0) is 48.4 Å². The van der Waals surface area contributed by atoms with E-state index in [1.807, 2.05) is 6.07 Å². The second kappa shape index (κ2) is 7.44. The predicted octanol–water partition coefficient (Wildman–Crippen LogP) is 2.40. The van der Waals surface area contributed by atoms with Gasteiger partial charge in [-0.15, -0.1) is 0 Å². The van der Waals surface area contributed by atoms with Gasteiger partial charge in [0.15, 0.2) is 0 Å². The molecule has 0 saturated heterocycles. The van der Waals surface area contributed by atoms with Crippen molar-refractivity contribution < 1.29 is 18.7 Å². The lowest BCUT2D eigenvalue weighted by atomic mass is 10.0. The summed E-state index contributed by atoms with van der Waals surface area (Å²) in [5.41, 5.74) is 2.58. The Morgan fingerprint density at radius 1 is 1.20 bits per heavy atom. The average Bonchev–Trinajstić information content (AvgIpc) is 3.06. The number of rotatable bonds is 5. The maximum absolute atomic E-state index is 13.1. The smallest absolute Gasteiger partial charge is 0.258 e. The van der Waals surface area contributed by atoms with Gasteiger partial charge >= 0.3 is 0 Å². The zero-order chi connectivity index (χ0) is 17.8. The van der Waals surface area contributed by atoms with Gasteiger partial charge in [-0.3, -0.25) is 9.59 Å². The number of carbonyl (C=O) groups excluding carboxylic acids is 2. The van der Waals surface area contributed by atoms with Crippen LogP contribution in [-0.2, 0) is 11.2 Å². The molecule has 1 N–H and O–H groups in total. The maximum atomic E-state index is 13.1. The summed E-state index contributed by atoms with van der Waals surface area (Å²) < 4.78 is 18.0. The number of hydrogen-bond donors (Lipinski definition) is 1. The molecule has 25 heavy (non-hydrogen) atoms. The van der Waals surface area contributed by atoms with E-state index in [1.54, 1.807) is 24.1 Å². The predicted molar refractivity (Wildman–Crippen MR) is 92.4 cm³/mol. The first-order valence-electron chi connectivity index (χ1n) is 8.08. The Labute approximate surface area is 145 Å².